The summed E-state index contributed by atoms with van der Waals surface area (Å²) in [6.07, 6.45) is 4.54. The Hall–Kier alpha value is -4.67. The summed E-state index contributed by atoms with van der Waals surface area (Å²) in [5.41, 5.74) is 6.42. The summed E-state index contributed by atoms with van der Waals surface area (Å²) in [5.74, 6) is -3.39. The number of hydrogen-bond acceptors (Lipinski definition) is 7. The third-order valence-electron chi connectivity index (χ3n) is 7.44. The van der Waals surface area contributed by atoms with Crippen molar-refractivity contribution in [3.8, 4) is 0 Å². The zero-order valence-corrected chi connectivity index (χ0v) is 23.7. The Morgan fingerprint density at radius 2 is 1.79 bits per heavy atom. The molecule has 0 spiro atoms. The van der Waals surface area contributed by atoms with E-state index in [2.05, 4.69) is 25.9 Å². The molecule has 4 atom stereocenters. The van der Waals surface area contributed by atoms with E-state index in [9.17, 15) is 24.0 Å². The number of nitrogens with one attached hydrogen (secondary N) is 3. The molecule has 4 amide bonds. The number of nitrogens with two attached hydrogens (primary N) is 1. The Balaban J connectivity index is 1.63. The molecule has 2 heterocycles. The molecule has 11 nitrogen and oxygen atoms in total. The first kappa shape index (κ1) is 30.3. The van der Waals surface area contributed by atoms with Crippen LogP contribution in [0.1, 0.15) is 60.8 Å². The van der Waals surface area contributed by atoms with Crippen LogP contribution in [-0.2, 0) is 25.6 Å². The first-order chi connectivity index (χ1) is 20.2. The lowest BCUT2D eigenvalue weighted by atomic mass is 9.90. The van der Waals surface area contributed by atoms with Gasteiger partial charge in [-0.05, 0) is 47.9 Å². The van der Waals surface area contributed by atoms with Gasteiger partial charge in [0.2, 0.25) is 17.7 Å². The van der Waals surface area contributed by atoms with Gasteiger partial charge in [0.1, 0.15) is 18.0 Å². The fraction of sp³-hybridized carbons (Fsp3) is 0.387. The zero-order valence-electron chi connectivity index (χ0n) is 23.7. The van der Waals surface area contributed by atoms with E-state index in [0.717, 1.165) is 16.3 Å². The summed E-state index contributed by atoms with van der Waals surface area (Å²) in [5, 5.41) is 10.2. The number of rotatable bonds is 13. The molecule has 5 N–H and O–H groups in total. The minimum Gasteiger partial charge on any atom is -0.364 e. The van der Waals surface area contributed by atoms with Crippen LogP contribution < -0.4 is 21.7 Å². The maximum atomic E-state index is 14.0. The SMILES string of the molecule is CC(C)C[C@H](NC(=O)[C@@H](Cc1cccc2ccccc12)c1nccnc1C(N)=O)C(=O)N[C@H](C=O)C[C@@H]1CCNC1=O. The van der Waals surface area contributed by atoms with Crippen LogP contribution >= 0.6 is 0 Å². The van der Waals surface area contributed by atoms with Crippen molar-refractivity contribution in [2.75, 3.05) is 6.54 Å². The third-order valence-corrected chi connectivity index (χ3v) is 7.44. The van der Waals surface area contributed by atoms with Gasteiger partial charge < -0.3 is 26.5 Å². The summed E-state index contributed by atoms with van der Waals surface area (Å²) in [6.45, 7) is 4.35. The van der Waals surface area contributed by atoms with Crippen LogP contribution in [0, 0.1) is 11.8 Å². The second-order valence-corrected chi connectivity index (χ2v) is 11.0. The summed E-state index contributed by atoms with van der Waals surface area (Å²) in [7, 11) is 0. The van der Waals surface area contributed by atoms with E-state index in [4.69, 9.17) is 5.73 Å². The molecule has 1 aromatic heterocycles. The largest absolute Gasteiger partial charge is 0.364 e. The molecule has 3 aromatic rings. The lowest BCUT2D eigenvalue weighted by Crippen LogP contribution is -2.52. The predicted octanol–water partition coefficient (Wildman–Crippen LogP) is 1.80. The molecule has 42 heavy (non-hydrogen) atoms. The van der Waals surface area contributed by atoms with Gasteiger partial charge in [0, 0.05) is 24.9 Å². The molecule has 0 radical (unpaired) electrons. The molecule has 2 aromatic carbocycles. The Kier molecular flexibility index (Phi) is 9.95. The number of primary amides is 1. The fourth-order valence-electron chi connectivity index (χ4n) is 5.38. The molecule has 1 aliphatic heterocycles. The lowest BCUT2D eigenvalue weighted by Gasteiger charge is -2.25. The second-order valence-electron chi connectivity index (χ2n) is 11.0. The number of aromatic nitrogens is 2. The van der Waals surface area contributed by atoms with Gasteiger partial charge in [-0.1, -0.05) is 56.3 Å². The monoisotopic (exact) mass is 572 g/mol. The van der Waals surface area contributed by atoms with Crippen molar-refractivity contribution in [3.05, 3.63) is 71.8 Å². The van der Waals surface area contributed by atoms with Crippen molar-refractivity contribution >= 4 is 40.7 Å². The fourth-order valence-corrected chi connectivity index (χ4v) is 5.38. The quantitative estimate of drug-likeness (QED) is 0.226. The van der Waals surface area contributed by atoms with Gasteiger partial charge in [-0.2, -0.15) is 0 Å². The van der Waals surface area contributed by atoms with Gasteiger partial charge in [0.25, 0.3) is 5.91 Å². The maximum absolute atomic E-state index is 14.0. The number of carbonyl (C=O) groups excluding carboxylic acids is 5. The van der Waals surface area contributed by atoms with Crippen LogP contribution in [0.25, 0.3) is 10.8 Å². The van der Waals surface area contributed by atoms with E-state index >= 15 is 0 Å². The van der Waals surface area contributed by atoms with Crippen LogP contribution in [0.15, 0.2) is 54.9 Å². The minimum absolute atomic E-state index is 0.0190. The number of nitrogens with zero attached hydrogens (tertiary/aromatic N) is 2. The standard InChI is InChI=1S/C31H36N6O5/c1-18(2)14-25(31(42)36-22(17-38)15-21-10-11-35-29(21)40)37-30(41)24(26-27(28(32)39)34-13-12-33-26)16-20-8-5-7-19-6-3-4-9-23(19)20/h3-9,12-13,17-18,21-22,24-25H,10-11,14-16H2,1-2H3,(H2,32,39)(H,35,40)(H,36,42)(H,37,41)/t21-,22-,24-,25-/m0/s1. The van der Waals surface area contributed by atoms with E-state index in [-0.39, 0.29) is 48.4 Å². The first-order valence-corrected chi connectivity index (χ1v) is 14.1. The van der Waals surface area contributed by atoms with E-state index in [1.807, 2.05) is 56.3 Å². The van der Waals surface area contributed by atoms with Crippen LogP contribution in [0.3, 0.4) is 0 Å². The topological polar surface area (TPSA) is 173 Å². The Morgan fingerprint density at radius 1 is 1.05 bits per heavy atom. The highest BCUT2D eigenvalue weighted by atomic mass is 16.2. The van der Waals surface area contributed by atoms with Crippen LogP contribution in [0.2, 0.25) is 0 Å². The Labute approximate surface area is 244 Å². The number of aldehydes is 1. The maximum Gasteiger partial charge on any atom is 0.269 e. The number of hydrogen-bond donors (Lipinski definition) is 4. The van der Waals surface area contributed by atoms with Crippen molar-refractivity contribution < 1.29 is 24.0 Å². The van der Waals surface area contributed by atoms with Gasteiger partial charge in [-0.25, -0.2) is 4.98 Å². The van der Waals surface area contributed by atoms with Gasteiger partial charge >= 0.3 is 0 Å². The number of fused-ring (bicyclic) bond motifs is 1. The number of carbonyl (C=O) groups is 5. The predicted molar refractivity (Wildman–Crippen MR) is 156 cm³/mol. The molecule has 1 fully saturated rings. The van der Waals surface area contributed by atoms with E-state index < -0.39 is 35.7 Å². The highest BCUT2D eigenvalue weighted by Gasteiger charge is 2.33. The highest BCUT2D eigenvalue weighted by Crippen LogP contribution is 2.27. The normalized spacial score (nSPS) is 16.8. The van der Waals surface area contributed by atoms with Gasteiger partial charge in [0.15, 0.2) is 0 Å². The number of amides is 4. The third kappa shape index (κ3) is 7.34. The van der Waals surface area contributed by atoms with E-state index in [1.54, 1.807) is 0 Å². The van der Waals surface area contributed by atoms with Gasteiger partial charge in [-0.3, -0.25) is 24.2 Å². The first-order valence-electron chi connectivity index (χ1n) is 14.1. The van der Waals surface area contributed by atoms with Crippen molar-refractivity contribution in [1.29, 1.82) is 0 Å². The van der Waals surface area contributed by atoms with Crippen LogP contribution in [0.4, 0.5) is 0 Å². The minimum atomic E-state index is -1.00. The van der Waals surface area contributed by atoms with Crippen LogP contribution in [0.5, 0.6) is 0 Å². The van der Waals surface area contributed by atoms with E-state index in [1.165, 1.54) is 12.4 Å². The molecule has 0 aliphatic carbocycles. The Bertz CT molecular complexity index is 1470. The molecular formula is C31H36N6O5. The average Bonchev–Trinajstić information content (AvgIpc) is 3.38. The summed E-state index contributed by atoms with van der Waals surface area (Å²) >= 11 is 0. The van der Waals surface area contributed by atoms with Crippen molar-refractivity contribution in [3.63, 3.8) is 0 Å². The lowest BCUT2D eigenvalue weighted by molar-refractivity contribution is -0.131. The van der Waals surface area contributed by atoms with Gasteiger partial charge in [0.05, 0.1) is 17.7 Å². The molecule has 0 bridgehead atoms. The Morgan fingerprint density at radius 3 is 2.48 bits per heavy atom. The highest BCUT2D eigenvalue weighted by molar-refractivity contribution is 5.96. The van der Waals surface area contributed by atoms with E-state index in [0.29, 0.717) is 19.3 Å². The van der Waals surface area contributed by atoms with Crippen molar-refractivity contribution in [1.82, 2.24) is 25.9 Å². The second kappa shape index (κ2) is 13.8. The van der Waals surface area contributed by atoms with Crippen LogP contribution in [-0.4, -0.2) is 58.5 Å². The molecule has 220 valence electrons. The molecular weight excluding hydrogens is 536 g/mol. The number of benzene rings is 2. The molecule has 11 heteroatoms. The molecule has 0 unspecified atom stereocenters. The molecule has 0 saturated carbocycles. The zero-order chi connectivity index (χ0) is 30.2. The average molecular weight is 573 g/mol. The molecule has 4 rings (SSSR count). The van der Waals surface area contributed by atoms with Crippen molar-refractivity contribution in [2.24, 2.45) is 17.6 Å². The smallest absolute Gasteiger partial charge is 0.269 e. The van der Waals surface area contributed by atoms with Gasteiger partial charge in [-0.15, -0.1) is 0 Å². The molecule has 1 aliphatic rings. The summed E-state index contributed by atoms with van der Waals surface area (Å²) in [4.78, 5) is 71.9. The summed E-state index contributed by atoms with van der Waals surface area (Å²) < 4.78 is 0. The van der Waals surface area contributed by atoms with Crippen molar-refractivity contribution in [2.45, 2.75) is 57.5 Å². The summed E-state index contributed by atoms with van der Waals surface area (Å²) in [6, 6.07) is 11.6. The molecule has 1 saturated heterocycles.